The van der Waals surface area contributed by atoms with E-state index in [-0.39, 0.29) is 11.6 Å². The van der Waals surface area contributed by atoms with Gasteiger partial charge in [0, 0.05) is 9.60 Å². The summed E-state index contributed by atoms with van der Waals surface area (Å²) in [6.45, 7) is 0. The van der Waals surface area contributed by atoms with Crippen molar-refractivity contribution < 1.29 is 8.78 Å². The summed E-state index contributed by atoms with van der Waals surface area (Å²) in [4.78, 5) is 0.396. The van der Waals surface area contributed by atoms with E-state index in [9.17, 15) is 8.78 Å². The van der Waals surface area contributed by atoms with E-state index in [0.717, 1.165) is 10.1 Å². The van der Waals surface area contributed by atoms with Gasteiger partial charge in [-0.1, -0.05) is 12.1 Å². The van der Waals surface area contributed by atoms with Crippen LogP contribution >= 0.6 is 24.0 Å². The summed E-state index contributed by atoms with van der Waals surface area (Å²) >= 11 is 5.45. The highest BCUT2D eigenvalue weighted by Gasteiger charge is 1.94. The molecule has 4 heteroatoms. The molecule has 0 atom stereocenters. The zero-order valence-corrected chi connectivity index (χ0v) is 11.0. The smallest absolute Gasteiger partial charge is 0.136 e. The Morgan fingerprint density at radius 3 is 2.39 bits per heavy atom. The minimum absolute atomic E-state index is 0.161. The van der Waals surface area contributed by atoms with Crippen molar-refractivity contribution >= 4 is 34.1 Å². The summed E-state index contributed by atoms with van der Waals surface area (Å²) in [6, 6.07) is 13.1. The Morgan fingerprint density at radius 1 is 0.944 bits per heavy atom. The normalized spacial score (nSPS) is 9.94. The number of halogens is 2. The van der Waals surface area contributed by atoms with Gasteiger partial charge in [-0.05, 0) is 47.2 Å². The number of hydrogen-bond acceptors (Lipinski definition) is 2. The van der Waals surface area contributed by atoms with E-state index in [1.807, 2.05) is 11.4 Å². The van der Waals surface area contributed by atoms with E-state index in [1.54, 1.807) is 41.7 Å². The monoisotopic (exact) mass is 280 g/mol. The second kappa shape index (κ2) is 5.98. The highest BCUT2D eigenvalue weighted by Crippen LogP contribution is 2.20. The van der Waals surface area contributed by atoms with Crippen LogP contribution in [0.5, 0.6) is 0 Å². The van der Waals surface area contributed by atoms with Crippen molar-refractivity contribution in [3.8, 4) is 0 Å². The van der Waals surface area contributed by atoms with Crippen LogP contribution in [0.15, 0.2) is 58.8 Å². The predicted octanol–water partition coefficient (Wildman–Crippen LogP) is 5.15. The summed E-state index contributed by atoms with van der Waals surface area (Å²) in [5, 5.41) is 2.95. The van der Waals surface area contributed by atoms with Gasteiger partial charge in [0.15, 0.2) is 0 Å². The maximum absolute atomic E-state index is 12.5. The molecule has 0 nitrogen and oxygen atoms in total. The fourth-order valence-electron chi connectivity index (χ4n) is 1.39. The molecule has 1 heterocycles. The SMILES string of the molecule is Fc1ccc2sccc2c1.Fc1ccccc1S. The van der Waals surface area contributed by atoms with Crippen LogP contribution in [0.25, 0.3) is 10.1 Å². The van der Waals surface area contributed by atoms with Crippen LogP contribution in [0.4, 0.5) is 8.78 Å². The molecule has 0 amide bonds. The van der Waals surface area contributed by atoms with Gasteiger partial charge in [-0.15, -0.1) is 24.0 Å². The second-order valence-corrected chi connectivity index (χ2v) is 4.98. The molecule has 0 bridgehead atoms. The molecule has 18 heavy (non-hydrogen) atoms. The van der Waals surface area contributed by atoms with Gasteiger partial charge in [-0.25, -0.2) is 8.78 Å². The predicted molar refractivity (Wildman–Crippen MR) is 75.4 cm³/mol. The van der Waals surface area contributed by atoms with Gasteiger partial charge >= 0.3 is 0 Å². The van der Waals surface area contributed by atoms with Gasteiger partial charge in [0.25, 0.3) is 0 Å². The summed E-state index contributed by atoms with van der Waals surface area (Å²) in [7, 11) is 0. The molecule has 92 valence electrons. The average molecular weight is 280 g/mol. The van der Waals surface area contributed by atoms with Crippen LogP contribution in [0.1, 0.15) is 0 Å². The molecule has 2 aromatic carbocycles. The van der Waals surface area contributed by atoms with Crippen molar-refractivity contribution in [2.45, 2.75) is 4.90 Å². The zero-order valence-electron chi connectivity index (χ0n) is 9.31. The third-order valence-electron chi connectivity index (χ3n) is 2.27. The number of fused-ring (bicyclic) bond motifs is 1. The van der Waals surface area contributed by atoms with Crippen LogP contribution in [0, 0.1) is 11.6 Å². The zero-order chi connectivity index (χ0) is 13.0. The van der Waals surface area contributed by atoms with Crippen molar-refractivity contribution in [2.75, 3.05) is 0 Å². The summed E-state index contributed by atoms with van der Waals surface area (Å²) in [6.07, 6.45) is 0. The fourth-order valence-corrected chi connectivity index (χ4v) is 2.32. The fraction of sp³-hybridized carbons (Fsp3) is 0. The Bertz CT molecular complexity index is 626. The van der Waals surface area contributed by atoms with E-state index in [2.05, 4.69) is 12.6 Å². The first-order valence-corrected chi connectivity index (χ1v) is 6.56. The molecule has 0 unspecified atom stereocenters. The summed E-state index contributed by atoms with van der Waals surface area (Å²) in [5.74, 6) is -0.429. The molecule has 0 saturated heterocycles. The molecule has 3 rings (SSSR count). The Hall–Kier alpha value is -1.39. The van der Waals surface area contributed by atoms with E-state index in [0.29, 0.717) is 4.90 Å². The number of thiol groups is 1. The maximum Gasteiger partial charge on any atom is 0.136 e. The standard InChI is InChI=1S/C8H5FS.C6H5FS/c9-7-1-2-8-6(5-7)3-4-10-8;7-5-3-1-2-4-6(5)8/h1-5H;1-4,8H. The first-order chi connectivity index (χ1) is 8.66. The van der Waals surface area contributed by atoms with Gasteiger partial charge in [0.05, 0.1) is 0 Å². The molecule has 0 aliphatic heterocycles. The third kappa shape index (κ3) is 3.31. The highest BCUT2D eigenvalue weighted by molar-refractivity contribution is 7.80. The van der Waals surface area contributed by atoms with Gasteiger partial charge < -0.3 is 0 Å². The lowest BCUT2D eigenvalue weighted by molar-refractivity contribution is 0.602. The lowest BCUT2D eigenvalue weighted by atomic mass is 10.3. The number of benzene rings is 2. The van der Waals surface area contributed by atoms with Crippen molar-refractivity contribution in [3.63, 3.8) is 0 Å². The first kappa shape index (κ1) is 13.1. The number of hydrogen-bond donors (Lipinski definition) is 1. The highest BCUT2D eigenvalue weighted by atomic mass is 32.1. The van der Waals surface area contributed by atoms with Crippen LogP contribution in [-0.2, 0) is 0 Å². The topological polar surface area (TPSA) is 0 Å². The molecule has 1 aromatic heterocycles. The minimum atomic E-state index is -0.268. The summed E-state index contributed by atoms with van der Waals surface area (Å²) < 4.78 is 25.9. The number of thiophene rings is 1. The van der Waals surface area contributed by atoms with E-state index < -0.39 is 0 Å². The summed E-state index contributed by atoms with van der Waals surface area (Å²) in [5.41, 5.74) is 0. The molecule has 0 saturated carbocycles. The average Bonchev–Trinajstić information content (AvgIpc) is 2.81. The lowest BCUT2D eigenvalue weighted by Crippen LogP contribution is -1.71. The van der Waals surface area contributed by atoms with Crippen LogP contribution in [0.3, 0.4) is 0 Å². The molecule has 3 aromatic rings. The molecule has 0 N–H and O–H groups in total. The molecule has 0 aliphatic rings. The molecule has 0 radical (unpaired) electrons. The molecule has 0 fully saturated rings. The van der Waals surface area contributed by atoms with Crippen molar-refractivity contribution in [1.29, 1.82) is 0 Å². The third-order valence-corrected chi connectivity index (χ3v) is 3.53. The molecular weight excluding hydrogens is 270 g/mol. The van der Waals surface area contributed by atoms with Crippen molar-refractivity contribution in [2.24, 2.45) is 0 Å². The van der Waals surface area contributed by atoms with Gasteiger partial charge in [-0.3, -0.25) is 0 Å². The van der Waals surface area contributed by atoms with Gasteiger partial charge in [0.2, 0.25) is 0 Å². The van der Waals surface area contributed by atoms with Crippen molar-refractivity contribution in [1.82, 2.24) is 0 Å². The van der Waals surface area contributed by atoms with Gasteiger partial charge in [0.1, 0.15) is 11.6 Å². The lowest BCUT2D eigenvalue weighted by Gasteiger charge is -1.88. The molecule has 0 aliphatic carbocycles. The van der Waals surface area contributed by atoms with E-state index in [4.69, 9.17) is 0 Å². The van der Waals surface area contributed by atoms with E-state index in [1.165, 1.54) is 12.1 Å². The van der Waals surface area contributed by atoms with Crippen LogP contribution in [-0.4, -0.2) is 0 Å². The van der Waals surface area contributed by atoms with Crippen LogP contribution in [0.2, 0.25) is 0 Å². The quantitative estimate of drug-likeness (QED) is 0.541. The Morgan fingerprint density at radius 2 is 1.72 bits per heavy atom. The van der Waals surface area contributed by atoms with Crippen molar-refractivity contribution in [3.05, 3.63) is 65.5 Å². The Kier molecular flexibility index (Phi) is 4.33. The molecular formula is C14H10F2S2. The maximum atomic E-state index is 12.5. The largest absolute Gasteiger partial charge is 0.207 e. The van der Waals surface area contributed by atoms with E-state index >= 15 is 0 Å². The Labute approximate surface area is 113 Å². The first-order valence-electron chi connectivity index (χ1n) is 5.23. The second-order valence-electron chi connectivity index (χ2n) is 3.55. The Balaban J connectivity index is 0.000000138. The van der Waals surface area contributed by atoms with Gasteiger partial charge in [-0.2, -0.15) is 0 Å². The minimum Gasteiger partial charge on any atom is -0.207 e. The van der Waals surface area contributed by atoms with Crippen LogP contribution < -0.4 is 0 Å². The molecule has 0 spiro atoms. The number of rotatable bonds is 0.